The number of carbonyl (C=O) groups excluding carboxylic acids is 1. The number of amides is 1. The molecule has 5 heterocycles. The number of aromatic nitrogens is 6. The fourth-order valence-corrected chi connectivity index (χ4v) is 4.46. The number of hydrogen-bond donors (Lipinski definition) is 0. The van der Waals surface area contributed by atoms with Crippen LogP contribution >= 0.6 is 0 Å². The van der Waals surface area contributed by atoms with E-state index < -0.39 is 0 Å². The van der Waals surface area contributed by atoms with E-state index in [4.69, 9.17) is 0 Å². The molecule has 0 aromatic carbocycles. The van der Waals surface area contributed by atoms with Crippen molar-refractivity contribution in [3.8, 4) is 5.82 Å². The largest absolute Gasteiger partial charge is 0.356 e. The molecule has 10 heteroatoms. The monoisotopic (exact) mass is 433 g/mol. The molecule has 10 nitrogen and oxygen atoms in total. The van der Waals surface area contributed by atoms with Gasteiger partial charge in [-0.1, -0.05) is 0 Å². The van der Waals surface area contributed by atoms with Gasteiger partial charge >= 0.3 is 0 Å². The van der Waals surface area contributed by atoms with Crippen molar-refractivity contribution in [3.63, 3.8) is 0 Å². The molecule has 5 rings (SSSR count). The van der Waals surface area contributed by atoms with Crippen LogP contribution in [0.25, 0.3) is 5.82 Å². The molecule has 3 aromatic heterocycles. The Kier molecular flexibility index (Phi) is 5.66. The Morgan fingerprint density at radius 3 is 2.41 bits per heavy atom. The highest BCUT2D eigenvalue weighted by atomic mass is 16.2. The molecule has 1 amide bonds. The van der Waals surface area contributed by atoms with Crippen LogP contribution in [0.15, 0.2) is 43.5 Å². The van der Waals surface area contributed by atoms with Gasteiger partial charge in [0, 0.05) is 69.5 Å². The minimum atomic E-state index is -0.0109. The Hall–Kier alpha value is -3.56. The van der Waals surface area contributed by atoms with Crippen molar-refractivity contribution in [3.05, 3.63) is 49.2 Å². The molecule has 2 aliphatic heterocycles. The van der Waals surface area contributed by atoms with Gasteiger partial charge in [0.2, 0.25) is 5.91 Å². The molecule has 0 bridgehead atoms. The van der Waals surface area contributed by atoms with Crippen molar-refractivity contribution in [2.24, 2.45) is 5.92 Å². The number of aryl methyl sites for hydroxylation is 1. The molecule has 3 aromatic rings. The van der Waals surface area contributed by atoms with Crippen LogP contribution in [0.4, 0.5) is 11.6 Å². The van der Waals surface area contributed by atoms with E-state index in [0.29, 0.717) is 6.54 Å². The van der Waals surface area contributed by atoms with E-state index in [1.54, 1.807) is 25.2 Å². The molecule has 2 saturated heterocycles. The molecule has 0 spiro atoms. The summed E-state index contributed by atoms with van der Waals surface area (Å²) >= 11 is 0. The lowest BCUT2D eigenvalue weighted by Gasteiger charge is -2.39. The zero-order valence-electron chi connectivity index (χ0n) is 18.2. The Labute approximate surface area is 187 Å². The average molecular weight is 434 g/mol. The van der Waals surface area contributed by atoms with Crippen molar-refractivity contribution >= 4 is 17.5 Å². The SMILES string of the molecule is Cc1cc(N2CCN(C(=O)[C@@H]3CCCN(c4cc(-n5ccnc5)ncn4)C3)CC2)ncn1. The maximum atomic E-state index is 13.3. The highest BCUT2D eigenvalue weighted by Gasteiger charge is 2.32. The van der Waals surface area contributed by atoms with E-state index in [1.807, 2.05) is 34.7 Å². The summed E-state index contributed by atoms with van der Waals surface area (Å²) in [5, 5.41) is 0. The standard InChI is InChI=1S/C22H27N9O/c1-17-11-19(25-14-24-17)28-7-9-29(10-8-28)22(32)18-3-2-5-30(13-18)20-12-21(27-15-26-20)31-6-4-23-16-31/h4,6,11-12,14-16,18H,2-3,5,7-10,13H2,1H3/t18-/m1/s1. The normalized spacial score (nSPS) is 19.3. The summed E-state index contributed by atoms with van der Waals surface area (Å²) in [6, 6.07) is 3.95. The van der Waals surface area contributed by atoms with Gasteiger partial charge < -0.3 is 14.7 Å². The van der Waals surface area contributed by atoms with Crippen LogP contribution in [0, 0.1) is 12.8 Å². The summed E-state index contributed by atoms with van der Waals surface area (Å²) in [5.41, 5.74) is 0.955. The number of piperazine rings is 1. The van der Waals surface area contributed by atoms with Crippen LogP contribution in [-0.4, -0.2) is 79.6 Å². The van der Waals surface area contributed by atoms with E-state index in [9.17, 15) is 4.79 Å². The summed E-state index contributed by atoms with van der Waals surface area (Å²) in [6.07, 6.45) is 10.4. The van der Waals surface area contributed by atoms with E-state index in [0.717, 1.165) is 68.7 Å². The molecule has 2 fully saturated rings. The predicted molar refractivity (Wildman–Crippen MR) is 120 cm³/mol. The van der Waals surface area contributed by atoms with Gasteiger partial charge in [0.05, 0.1) is 5.92 Å². The first-order chi connectivity index (χ1) is 15.7. The summed E-state index contributed by atoms with van der Waals surface area (Å²) in [5.74, 6) is 2.80. The molecule has 0 N–H and O–H groups in total. The second-order valence-corrected chi connectivity index (χ2v) is 8.32. The number of nitrogens with zero attached hydrogens (tertiary/aromatic N) is 9. The second-order valence-electron chi connectivity index (χ2n) is 8.32. The lowest BCUT2D eigenvalue weighted by molar-refractivity contribution is -0.136. The van der Waals surface area contributed by atoms with Crippen molar-refractivity contribution < 1.29 is 4.79 Å². The van der Waals surface area contributed by atoms with Crippen LogP contribution in [0.3, 0.4) is 0 Å². The molecule has 0 saturated carbocycles. The lowest BCUT2D eigenvalue weighted by atomic mass is 9.96. The summed E-state index contributed by atoms with van der Waals surface area (Å²) in [4.78, 5) is 41.2. The van der Waals surface area contributed by atoms with E-state index in [-0.39, 0.29) is 11.8 Å². The van der Waals surface area contributed by atoms with Gasteiger partial charge in [-0.15, -0.1) is 0 Å². The third-order valence-electron chi connectivity index (χ3n) is 6.21. The molecule has 2 aliphatic rings. The highest BCUT2D eigenvalue weighted by molar-refractivity contribution is 5.80. The zero-order chi connectivity index (χ0) is 21.9. The molecular formula is C22H27N9O. The van der Waals surface area contributed by atoms with Crippen molar-refractivity contribution in [1.82, 2.24) is 34.4 Å². The second kappa shape index (κ2) is 8.89. The molecule has 0 unspecified atom stereocenters. The molecule has 0 radical (unpaired) electrons. The van der Waals surface area contributed by atoms with E-state index >= 15 is 0 Å². The van der Waals surface area contributed by atoms with Crippen LogP contribution < -0.4 is 9.80 Å². The van der Waals surface area contributed by atoms with Crippen LogP contribution in [-0.2, 0) is 4.79 Å². The smallest absolute Gasteiger partial charge is 0.227 e. The number of carbonyl (C=O) groups is 1. The summed E-state index contributed by atoms with van der Waals surface area (Å²) < 4.78 is 1.86. The maximum Gasteiger partial charge on any atom is 0.227 e. The topological polar surface area (TPSA) is 96.2 Å². The van der Waals surface area contributed by atoms with Gasteiger partial charge in [0.1, 0.15) is 36.4 Å². The van der Waals surface area contributed by atoms with Crippen LogP contribution in [0.2, 0.25) is 0 Å². The number of hydrogen-bond acceptors (Lipinski definition) is 8. The summed E-state index contributed by atoms with van der Waals surface area (Å²) in [7, 11) is 0. The lowest BCUT2D eigenvalue weighted by Crippen LogP contribution is -2.53. The molecule has 166 valence electrons. The number of rotatable bonds is 4. The summed E-state index contributed by atoms with van der Waals surface area (Å²) in [6.45, 7) is 6.57. The van der Waals surface area contributed by atoms with Crippen molar-refractivity contribution in [1.29, 1.82) is 0 Å². The predicted octanol–water partition coefficient (Wildman–Crippen LogP) is 1.33. The van der Waals surface area contributed by atoms with E-state index in [2.05, 4.69) is 34.7 Å². The molecule has 0 aliphatic carbocycles. The average Bonchev–Trinajstić information content (AvgIpc) is 3.39. The number of piperidine rings is 1. The van der Waals surface area contributed by atoms with Gasteiger partial charge in [-0.3, -0.25) is 9.36 Å². The first-order valence-electron chi connectivity index (χ1n) is 11.0. The zero-order valence-corrected chi connectivity index (χ0v) is 18.2. The Morgan fingerprint density at radius 2 is 1.66 bits per heavy atom. The molecule has 1 atom stereocenters. The highest BCUT2D eigenvalue weighted by Crippen LogP contribution is 2.25. The van der Waals surface area contributed by atoms with Gasteiger partial charge in [-0.05, 0) is 19.8 Å². The first kappa shape index (κ1) is 20.3. The molecular weight excluding hydrogens is 406 g/mol. The molecule has 32 heavy (non-hydrogen) atoms. The minimum Gasteiger partial charge on any atom is -0.356 e. The Balaban J connectivity index is 1.21. The van der Waals surface area contributed by atoms with Crippen molar-refractivity contribution in [2.45, 2.75) is 19.8 Å². The van der Waals surface area contributed by atoms with Crippen LogP contribution in [0.5, 0.6) is 0 Å². The van der Waals surface area contributed by atoms with Gasteiger partial charge in [-0.2, -0.15) is 0 Å². The maximum absolute atomic E-state index is 13.3. The number of anilines is 2. The fraction of sp³-hybridized carbons (Fsp3) is 0.455. The first-order valence-corrected chi connectivity index (χ1v) is 11.0. The van der Waals surface area contributed by atoms with E-state index in [1.165, 1.54) is 0 Å². The quantitative estimate of drug-likeness (QED) is 0.608. The Bertz CT molecular complexity index is 1060. The Morgan fingerprint density at radius 1 is 0.906 bits per heavy atom. The van der Waals surface area contributed by atoms with Gasteiger partial charge in [0.15, 0.2) is 0 Å². The fourth-order valence-electron chi connectivity index (χ4n) is 4.46. The van der Waals surface area contributed by atoms with Crippen molar-refractivity contribution in [2.75, 3.05) is 49.1 Å². The van der Waals surface area contributed by atoms with Gasteiger partial charge in [-0.25, -0.2) is 24.9 Å². The number of imidazole rings is 1. The van der Waals surface area contributed by atoms with Gasteiger partial charge in [0.25, 0.3) is 0 Å². The minimum absolute atomic E-state index is 0.0109. The third kappa shape index (κ3) is 4.25. The van der Waals surface area contributed by atoms with Crippen LogP contribution in [0.1, 0.15) is 18.5 Å². The third-order valence-corrected chi connectivity index (χ3v) is 6.21.